The van der Waals surface area contributed by atoms with Gasteiger partial charge in [0.25, 0.3) is 5.91 Å². The number of urea groups is 1. The Labute approximate surface area is 188 Å². The van der Waals surface area contributed by atoms with E-state index in [0.29, 0.717) is 5.69 Å². The second-order valence-electron chi connectivity index (χ2n) is 8.65. The summed E-state index contributed by atoms with van der Waals surface area (Å²) in [6, 6.07) is 15.1. The van der Waals surface area contributed by atoms with Crippen LogP contribution in [0.3, 0.4) is 0 Å². The molecule has 1 aliphatic heterocycles. The fourth-order valence-corrected chi connectivity index (χ4v) is 4.78. The minimum Gasteiger partial charge on any atom is -0.325 e. The number of nitrogens with one attached hydrogen (secondary N) is 2. The van der Waals surface area contributed by atoms with E-state index in [0.717, 1.165) is 78.6 Å². The Hall–Kier alpha value is -3.41. The van der Waals surface area contributed by atoms with Crippen LogP contribution in [0.5, 0.6) is 0 Å². The zero-order valence-electron chi connectivity index (χ0n) is 18.2. The number of benzene rings is 2. The fourth-order valence-electron chi connectivity index (χ4n) is 4.78. The maximum atomic E-state index is 13.3. The first kappa shape index (κ1) is 20.5. The Morgan fingerprint density at radius 3 is 2.22 bits per heavy atom. The SMILES string of the molecule is O=C(Nc1ccc(NC(=O)N2CCCCCC2)cc1)c1c2c(nc3ccccc13)CCC2. The van der Waals surface area contributed by atoms with Crippen LogP contribution in [0, 0.1) is 0 Å². The van der Waals surface area contributed by atoms with Crippen LogP contribution in [0.4, 0.5) is 16.2 Å². The normalized spacial score (nSPS) is 15.8. The average molecular weight is 429 g/mol. The predicted octanol–water partition coefficient (Wildman–Crippen LogP) is 5.38. The van der Waals surface area contributed by atoms with E-state index in [1.807, 2.05) is 53.4 Å². The number of rotatable bonds is 3. The lowest BCUT2D eigenvalue weighted by Gasteiger charge is -2.20. The van der Waals surface area contributed by atoms with E-state index in [9.17, 15) is 9.59 Å². The minimum absolute atomic E-state index is 0.0532. The summed E-state index contributed by atoms with van der Waals surface area (Å²) in [5, 5.41) is 6.91. The molecule has 3 amide bonds. The van der Waals surface area contributed by atoms with E-state index in [1.165, 1.54) is 12.8 Å². The lowest BCUT2D eigenvalue weighted by Crippen LogP contribution is -2.35. The highest BCUT2D eigenvalue weighted by atomic mass is 16.2. The molecular formula is C26H28N4O2. The van der Waals surface area contributed by atoms with Crippen LogP contribution in [0.15, 0.2) is 48.5 Å². The Balaban J connectivity index is 1.31. The van der Waals surface area contributed by atoms with E-state index < -0.39 is 0 Å². The van der Waals surface area contributed by atoms with Gasteiger partial charge in [-0.3, -0.25) is 9.78 Å². The molecule has 2 N–H and O–H groups in total. The number of aromatic nitrogens is 1. The number of likely N-dealkylation sites (tertiary alicyclic amines) is 1. The summed E-state index contributed by atoms with van der Waals surface area (Å²) in [6.07, 6.45) is 7.34. The predicted molar refractivity (Wildman–Crippen MR) is 127 cm³/mol. The van der Waals surface area contributed by atoms with Gasteiger partial charge in [-0.2, -0.15) is 0 Å². The summed E-state index contributed by atoms with van der Waals surface area (Å²) in [5.74, 6) is -0.108. The zero-order chi connectivity index (χ0) is 21.9. The molecule has 2 aromatic carbocycles. The average Bonchev–Trinajstić information content (AvgIpc) is 3.09. The summed E-state index contributed by atoms with van der Waals surface area (Å²) in [5.41, 5.74) is 5.15. The zero-order valence-corrected chi connectivity index (χ0v) is 18.2. The van der Waals surface area contributed by atoms with Crippen LogP contribution in [0.1, 0.15) is 53.7 Å². The number of nitrogens with zero attached hydrogens (tertiary/aromatic N) is 2. The van der Waals surface area contributed by atoms with Crippen LogP contribution in [-0.2, 0) is 12.8 Å². The van der Waals surface area contributed by atoms with Gasteiger partial charge in [-0.15, -0.1) is 0 Å². The number of pyridine rings is 1. The molecule has 0 bridgehead atoms. The molecule has 1 aromatic heterocycles. The van der Waals surface area contributed by atoms with Crippen molar-refractivity contribution >= 4 is 34.2 Å². The van der Waals surface area contributed by atoms with Crippen LogP contribution >= 0.6 is 0 Å². The highest BCUT2D eigenvalue weighted by molar-refractivity contribution is 6.13. The molecule has 3 aromatic rings. The van der Waals surface area contributed by atoms with Crippen molar-refractivity contribution in [1.29, 1.82) is 0 Å². The standard InChI is InChI=1S/C26H28N4O2/c31-25(24-20-8-3-4-10-22(20)29-23-11-7-9-21(23)24)27-18-12-14-19(15-13-18)28-26(32)30-16-5-1-2-6-17-30/h3-4,8,10,12-15H,1-2,5-7,9,11,16-17H2,(H,27,31)(H,28,32). The van der Waals surface area contributed by atoms with Gasteiger partial charge in [0.15, 0.2) is 0 Å². The Bertz CT molecular complexity index is 1150. The van der Waals surface area contributed by atoms with Crippen molar-refractivity contribution in [2.45, 2.75) is 44.9 Å². The lowest BCUT2D eigenvalue weighted by molar-refractivity contribution is 0.102. The van der Waals surface area contributed by atoms with Crippen LogP contribution < -0.4 is 10.6 Å². The van der Waals surface area contributed by atoms with Gasteiger partial charge in [-0.05, 0) is 68.0 Å². The Morgan fingerprint density at radius 1 is 0.781 bits per heavy atom. The largest absolute Gasteiger partial charge is 0.325 e. The van der Waals surface area contributed by atoms with Gasteiger partial charge in [-0.1, -0.05) is 31.0 Å². The summed E-state index contributed by atoms with van der Waals surface area (Å²) in [4.78, 5) is 32.5. The fraction of sp³-hybridized carbons (Fsp3) is 0.346. The van der Waals surface area contributed by atoms with E-state index >= 15 is 0 Å². The molecule has 0 unspecified atom stereocenters. The van der Waals surface area contributed by atoms with Crippen molar-refractivity contribution in [3.05, 3.63) is 65.4 Å². The number of hydrogen-bond donors (Lipinski definition) is 2. The molecule has 1 aliphatic carbocycles. The molecule has 6 heteroatoms. The molecule has 6 nitrogen and oxygen atoms in total. The molecule has 1 fully saturated rings. The molecule has 0 atom stereocenters. The molecule has 32 heavy (non-hydrogen) atoms. The van der Waals surface area contributed by atoms with Crippen molar-refractivity contribution in [3.63, 3.8) is 0 Å². The number of aryl methyl sites for hydroxylation is 1. The monoisotopic (exact) mass is 428 g/mol. The number of hydrogen-bond acceptors (Lipinski definition) is 3. The second-order valence-corrected chi connectivity index (χ2v) is 8.65. The molecule has 1 saturated heterocycles. The Kier molecular flexibility index (Phi) is 5.75. The minimum atomic E-state index is -0.108. The van der Waals surface area contributed by atoms with Gasteiger partial charge in [0.05, 0.1) is 11.1 Å². The van der Waals surface area contributed by atoms with Crippen LogP contribution in [0.25, 0.3) is 10.9 Å². The number of carbonyl (C=O) groups is 2. The molecular weight excluding hydrogens is 400 g/mol. The highest BCUT2D eigenvalue weighted by Crippen LogP contribution is 2.30. The van der Waals surface area contributed by atoms with Crippen molar-refractivity contribution in [1.82, 2.24) is 9.88 Å². The number of anilines is 2. The van der Waals surface area contributed by atoms with E-state index in [2.05, 4.69) is 10.6 Å². The third-order valence-electron chi connectivity index (χ3n) is 6.43. The summed E-state index contributed by atoms with van der Waals surface area (Å²) >= 11 is 0. The molecule has 0 saturated carbocycles. The van der Waals surface area contributed by atoms with Gasteiger partial charge >= 0.3 is 6.03 Å². The first-order chi connectivity index (χ1) is 15.7. The van der Waals surface area contributed by atoms with Crippen LogP contribution in [-0.4, -0.2) is 34.9 Å². The van der Waals surface area contributed by atoms with Crippen molar-refractivity contribution in [3.8, 4) is 0 Å². The molecule has 164 valence electrons. The van der Waals surface area contributed by atoms with E-state index in [-0.39, 0.29) is 11.9 Å². The van der Waals surface area contributed by atoms with Crippen LogP contribution in [0.2, 0.25) is 0 Å². The van der Waals surface area contributed by atoms with E-state index in [1.54, 1.807) is 0 Å². The summed E-state index contributed by atoms with van der Waals surface area (Å²) in [7, 11) is 0. The number of para-hydroxylation sites is 1. The molecule has 2 aliphatic rings. The highest BCUT2D eigenvalue weighted by Gasteiger charge is 2.24. The van der Waals surface area contributed by atoms with Gasteiger partial charge in [0.1, 0.15) is 0 Å². The number of amides is 3. The van der Waals surface area contributed by atoms with Gasteiger partial charge in [0, 0.05) is 35.5 Å². The number of fused-ring (bicyclic) bond motifs is 2. The topological polar surface area (TPSA) is 74.3 Å². The molecule has 2 heterocycles. The smallest absolute Gasteiger partial charge is 0.321 e. The molecule has 5 rings (SSSR count). The third-order valence-corrected chi connectivity index (χ3v) is 6.43. The third kappa shape index (κ3) is 4.17. The van der Waals surface area contributed by atoms with Gasteiger partial charge in [0.2, 0.25) is 0 Å². The van der Waals surface area contributed by atoms with Gasteiger partial charge < -0.3 is 15.5 Å². The van der Waals surface area contributed by atoms with Gasteiger partial charge in [-0.25, -0.2) is 4.79 Å². The quantitative estimate of drug-likeness (QED) is 0.588. The Morgan fingerprint density at radius 2 is 1.47 bits per heavy atom. The van der Waals surface area contributed by atoms with Crippen molar-refractivity contribution in [2.24, 2.45) is 0 Å². The first-order valence-electron chi connectivity index (χ1n) is 11.6. The maximum absolute atomic E-state index is 13.3. The maximum Gasteiger partial charge on any atom is 0.321 e. The lowest BCUT2D eigenvalue weighted by atomic mass is 10.0. The first-order valence-corrected chi connectivity index (χ1v) is 11.6. The molecule has 0 radical (unpaired) electrons. The van der Waals surface area contributed by atoms with Crippen molar-refractivity contribution < 1.29 is 9.59 Å². The number of carbonyl (C=O) groups excluding carboxylic acids is 2. The second kappa shape index (κ2) is 8.99. The van der Waals surface area contributed by atoms with E-state index in [4.69, 9.17) is 4.98 Å². The van der Waals surface area contributed by atoms with Crippen molar-refractivity contribution in [2.75, 3.05) is 23.7 Å². The summed E-state index contributed by atoms with van der Waals surface area (Å²) < 4.78 is 0. The summed E-state index contributed by atoms with van der Waals surface area (Å²) in [6.45, 7) is 1.62. The molecule has 0 spiro atoms.